The second-order valence-electron chi connectivity index (χ2n) is 3.76. The molecular weight excluding hydrogens is 208 g/mol. The van der Waals surface area contributed by atoms with Crippen LogP contribution in [-0.2, 0) is 0 Å². The minimum Gasteiger partial charge on any atom is -0.272 e. The summed E-state index contributed by atoms with van der Waals surface area (Å²) < 4.78 is 2.09. The summed E-state index contributed by atoms with van der Waals surface area (Å²) in [6, 6.07) is 0. The van der Waals surface area contributed by atoms with E-state index in [1.807, 2.05) is 13.2 Å². The molecule has 0 bridgehead atoms. The molecule has 4 nitrogen and oxygen atoms in total. The molecule has 0 N–H and O–H groups in total. The quantitative estimate of drug-likeness (QED) is 0.731. The lowest BCUT2D eigenvalue weighted by molar-refractivity contribution is 0.706. The molecule has 0 aliphatic rings. The molecule has 0 aromatic carbocycles. The molecule has 0 amide bonds. The number of rotatable bonds is 2. The average molecular weight is 222 g/mol. The number of aromatic nitrogens is 4. The second-order valence-corrected chi connectivity index (χ2v) is 4.54. The molecule has 15 heavy (non-hydrogen) atoms. The molecule has 5 heteroatoms. The van der Waals surface area contributed by atoms with E-state index >= 15 is 0 Å². The molecule has 0 saturated heterocycles. The zero-order chi connectivity index (χ0) is 11.0. The first-order chi connectivity index (χ1) is 7.15. The van der Waals surface area contributed by atoms with Gasteiger partial charge in [-0.25, -0.2) is 4.98 Å². The molecule has 0 aliphatic heterocycles. The van der Waals surface area contributed by atoms with Crippen LogP contribution in [0.2, 0.25) is 0 Å². The van der Waals surface area contributed by atoms with Crippen molar-refractivity contribution in [3.8, 4) is 0 Å². The van der Waals surface area contributed by atoms with Crippen molar-refractivity contribution in [2.75, 3.05) is 6.26 Å². The Morgan fingerprint density at radius 3 is 2.73 bits per heavy atom. The highest BCUT2D eigenvalue weighted by Gasteiger charge is 2.14. The molecule has 0 radical (unpaired) electrons. The fraction of sp³-hybridized carbons (Fsp3) is 0.500. The first kappa shape index (κ1) is 10.4. The zero-order valence-electron chi connectivity index (χ0n) is 9.35. The van der Waals surface area contributed by atoms with Crippen LogP contribution in [0, 0.1) is 6.92 Å². The summed E-state index contributed by atoms with van der Waals surface area (Å²) in [4.78, 5) is 4.57. The van der Waals surface area contributed by atoms with Crippen molar-refractivity contribution < 1.29 is 0 Å². The first-order valence-corrected chi connectivity index (χ1v) is 6.12. The SMILES string of the molecule is CSc1nncc2c(C)nc(C(C)C)n12. The lowest BCUT2D eigenvalue weighted by Gasteiger charge is -2.06. The maximum Gasteiger partial charge on any atom is 0.195 e. The lowest BCUT2D eigenvalue weighted by Crippen LogP contribution is -2.02. The fourth-order valence-corrected chi connectivity index (χ4v) is 2.12. The number of aryl methyl sites for hydroxylation is 1. The Balaban J connectivity index is 2.82. The van der Waals surface area contributed by atoms with Gasteiger partial charge < -0.3 is 0 Å². The standard InChI is InChI=1S/C10H14N4S/c1-6(2)9-12-7(3)8-5-11-13-10(15-4)14(8)9/h5-6H,1-4H3. The summed E-state index contributed by atoms with van der Waals surface area (Å²) >= 11 is 1.59. The van der Waals surface area contributed by atoms with Crippen molar-refractivity contribution in [2.45, 2.75) is 31.8 Å². The van der Waals surface area contributed by atoms with E-state index in [4.69, 9.17) is 0 Å². The van der Waals surface area contributed by atoms with Gasteiger partial charge >= 0.3 is 0 Å². The van der Waals surface area contributed by atoms with Crippen molar-refractivity contribution in [1.29, 1.82) is 0 Å². The van der Waals surface area contributed by atoms with Crippen molar-refractivity contribution in [1.82, 2.24) is 19.6 Å². The first-order valence-electron chi connectivity index (χ1n) is 4.89. The van der Waals surface area contributed by atoms with Crippen molar-refractivity contribution in [3.63, 3.8) is 0 Å². The Labute approximate surface area is 93.1 Å². The van der Waals surface area contributed by atoms with Gasteiger partial charge in [0.25, 0.3) is 0 Å². The summed E-state index contributed by atoms with van der Waals surface area (Å²) in [6.45, 7) is 6.28. The number of fused-ring (bicyclic) bond motifs is 1. The Hall–Kier alpha value is -1.10. The zero-order valence-corrected chi connectivity index (χ0v) is 10.2. The Kier molecular flexibility index (Phi) is 2.65. The highest BCUT2D eigenvalue weighted by molar-refractivity contribution is 7.98. The van der Waals surface area contributed by atoms with Crippen LogP contribution >= 0.6 is 11.8 Å². The summed E-state index contributed by atoms with van der Waals surface area (Å²) in [6.07, 6.45) is 3.77. The maximum absolute atomic E-state index is 4.57. The van der Waals surface area contributed by atoms with Crippen LogP contribution in [0.4, 0.5) is 0 Å². The van der Waals surface area contributed by atoms with Gasteiger partial charge in [-0.1, -0.05) is 25.6 Å². The minimum absolute atomic E-state index is 0.390. The third-order valence-corrected chi connectivity index (χ3v) is 2.97. The van der Waals surface area contributed by atoms with Gasteiger partial charge in [-0.2, -0.15) is 5.10 Å². The third-order valence-electron chi connectivity index (χ3n) is 2.34. The lowest BCUT2D eigenvalue weighted by atomic mass is 10.2. The van der Waals surface area contributed by atoms with Crippen LogP contribution < -0.4 is 0 Å². The van der Waals surface area contributed by atoms with E-state index in [0.29, 0.717) is 5.92 Å². The third kappa shape index (κ3) is 1.61. The number of hydrogen-bond acceptors (Lipinski definition) is 4. The van der Waals surface area contributed by atoms with Crippen molar-refractivity contribution >= 4 is 17.3 Å². The van der Waals surface area contributed by atoms with Gasteiger partial charge in [0, 0.05) is 5.92 Å². The van der Waals surface area contributed by atoms with Crippen molar-refractivity contribution in [3.05, 3.63) is 17.7 Å². The van der Waals surface area contributed by atoms with E-state index in [1.54, 1.807) is 18.0 Å². The highest BCUT2D eigenvalue weighted by Crippen LogP contribution is 2.22. The van der Waals surface area contributed by atoms with Crippen LogP contribution in [0.25, 0.3) is 5.52 Å². The topological polar surface area (TPSA) is 43.1 Å². The van der Waals surface area contributed by atoms with Gasteiger partial charge in [0.05, 0.1) is 17.4 Å². The summed E-state index contributed by atoms with van der Waals surface area (Å²) in [5, 5.41) is 9.00. The van der Waals surface area contributed by atoms with Gasteiger partial charge in [0.15, 0.2) is 5.16 Å². The predicted molar refractivity (Wildman–Crippen MR) is 61.4 cm³/mol. The van der Waals surface area contributed by atoms with Crippen LogP contribution in [0.3, 0.4) is 0 Å². The number of imidazole rings is 1. The van der Waals surface area contributed by atoms with Crippen LogP contribution in [-0.4, -0.2) is 25.8 Å². The van der Waals surface area contributed by atoms with Crippen LogP contribution in [0.1, 0.15) is 31.3 Å². The number of nitrogens with zero attached hydrogens (tertiary/aromatic N) is 4. The van der Waals surface area contributed by atoms with E-state index in [1.165, 1.54) is 0 Å². The van der Waals surface area contributed by atoms with Gasteiger partial charge in [0.1, 0.15) is 5.82 Å². The smallest absolute Gasteiger partial charge is 0.195 e. The van der Waals surface area contributed by atoms with E-state index < -0.39 is 0 Å². The monoisotopic (exact) mass is 222 g/mol. The maximum atomic E-state index is 4.57. The van der Waals surface area contributed by atoms with Gasteiger partial charge in [-0.3, -0.25) is 4.40 Å². The molecule has 0 atom stereocenters. The molecule has 2 heterocycles. The van der Waals surface area contributed by atoms with E-state index in [2.05, 4.69) is 33.4 Å². The molecule has 0 saturated carbocycles. The van der Waals surface area contributed by atoms with Crippen LogP contribution in [0.15, 0.2) is 11.4 Å². The van der Waals surface area contributed by atoms with Crippen LogP contribution in [0.5, 0.6) is 0 Å². The van der Waals surface area contributed by atoms with E-state index in [0.717, 1.165) is 22.2 Å². The number of hydrogen-bond donors (Lipinski definition) is 0. The Morgan fingerprint density at radius 1 is 1.40 bits per heavy atom. The second kappa shape index (κ2) is 3.81. The Morgan fingerprint density at radius 2 is 2.13 bits per heavy atom. The summed E-state index contributed by atoms with van der Waals surface area (Å²) in [7, 11) is 0. The molecule has 2 aromatic heterocycles. The molecule has 0 aliphatic carbocycles. The van der Waals surface area contributed by atoms with Gasteiger partial charge in [-0.15, -0.1) is 5.10 Å². The summed E-state index contributed by atoms with van der Waals surface area (Å²) in [5.74, 6) is 1.45. The highest BCUT2D eigenvalue weighted by atomic mass is 32.2. The molecule has 2 rings (SSSR count). The summed E-state index contributed by atoms with van der Waals surface area (Å²) in [5.41, 5.74) is 2.07. The van der Waals surface area contributed by atoms with E-state index in [9.17, 15) is 0 Å². The molecular formula is C10H14N4S. The number of thioether (sulfide) groups is 1. The predicted octanol–water partition coefficient (Wildman–Crippen LogP) is 2.28. The average Bonchev–Trinajstić information content (AvgIpc) is 2.56. The van der Waals surface area contributed by atoms with Gasteiger partial charge in [-0.05, 0) is 13.2 Å². The normalized spacial score (nSPS) is 11.5. The Bertz CT molecular complexity index is 489. The molecule has 0 fully saturated rings. The fourth-order valence-electron chi connectivity index (χ4n) is 1.61. The minimum atomic E-state index is 0.390. The van der Waals surface area contributed by atoms with E-state index in [-0.39, 0.29) is 0 Å². The molecule has 80 valence electrons. The molecule has 2 aromatic rings. The molecule has 0 spiro atoms. The largest absolute Gasteiger partial charge is 0.272 e. The van der Waals surface area contributed by atoms with Gasteiger partial charge in [0.2, 0.25) is 0 Å². The van der Waals surface area contributed by atoms with Crippen molar-refractivity contribution in [2.24, 2.45) is 0 Å². The molecule has 0 unspecified atom stereocenters.